The van der Waals surface area contributed by atoms with Gasteiger partial charge in [-0.1, -0.05) is 53.7 Å². The Balaban J connectivity index is 1.67. The number of rotatable bonds is 3. The molecule has 1 N–H and O–H groups in total. The van der Waals surface area contributed by atoms with Gasteiger partial charge in [0.05, 0.1) is 11.7 Å². The Morgan fingerprint density at radius 1 is 1.24 bits per heavy atom. The number of halogens is 2. The van der Waals surface area contributed by atoms with Crippen molar-refractivity contribution in [3.8, 4) is 0 Å². The van der Waals surface area contributed by atoms with Crippen molar-refractivity contribution >= 4 is 50.1 Å². The molecule has 1 aliphatic rings. The first-order valence-corrected chi connectivity index (χ1v) is 8.83. The van der Waals surface area contributed by atoms with Gasteiger partial charge in [0.1, 0.15) is 0 Å². The third-order valence-electron chi connectivity index (χ3n) is 3.20. The van der Waals surface area contributed by atoms with Gasteiger partial charge in [-0.15, -0.1) is 0 Å². The van der Waals surface area contributed by atoms with Crippen molar-refractivity contribution in [2.24, 2.45) is 4.99 Å². The molecule has 0 aromatic heterocycles. The van der Waals surface area contributed by atoms with Crippen LogP contribution in [0.1, 0.15) is 5.56 Å². The molecule has 0 saturated heterocycles. The number of hydrogen-bond acceptors (Lipinski definition) is 3. The highest BCUT2D eigenvalue weighted by atomic mass is 79.9. The average Bonchev–Trinajstić information content (AvgIpc) is 2.91. The van der Waals surface area contributed by atoms with Crippen LogP contribution >= 0.6 is 39.3 Å². The minimum absolute atomic E-state index is 0.331. The van der Waals surface area contributed by atoms with Crippen molar-refractivity contribution in [2.45, 2.75) is 12.5 Å². The first kappa shape index (κ1) is 14.9. The van der Waals surface area contributed by atoms with Crippen LogP contribution < -0.4 is 5.32 Å². The van der Waals surface area contributed by atoms with Gasteiger partial charge in [-0.2, -0.15) is 0 Å². The fourth-order valence-corrected chi connectivity index (χ4v) is 3.65. The second-order valence-corrected chi connectivity index (χ2v) is 7.14. The first-order chi connectivity index (χ1) is 10.2. The normalized spacial score (nSPS) is 17.6. The quantitative estimate of drug-likeness (QED) is 0.787. The van der Waals surface area contributed by atoms with Gasteiger partial charge in [0.15, 0.2) is 5.17 Å². The topological polar surface area (TPSA) is 24.4 Å². The Kier molecular flexibility index (Phi) is 4.88. The fraction of sp³-hybridized carbons (Fsp3) is 0.188. The van der Waals surface area contributed by atoms with Gasteiger partial charge in [-0.25, -0.2) is 0 Å². The van der Waals surface area contributed by atoms with Crippen molar-refractivity contribution in [3.05, 3.63) is 63.6 Å². The molecule has 0 saturated carbocycles. The smallest absolute Gasteiger partial charge is 0.161 e. The second kappa shape index (κ2) is 6.86. The summed E-state index contributed by atoms with van der Waals surface area (Å²) in [5, 5.41) is 5.02. The number of nitrogens with one attached hydrogen (secondary N) is 1. The molecule has 0 fully saturated rings. The van der Waals surface area contributed by atoms with Crippen LogP contribution in [-0.2, 0) is 6.42 Å². The van der Waals surface area contributed by atoms with Crippen molar-refractivity contribution < 1.29 is 0 Å². The largest absolute Gasteiger partial charge is 0.334 e. The summed E-state index contributed by atoms with van der Waals surface area (Å²) >= 11 is 11.3. The summed E-state index contributed by atoms with van der Waals surface area (Å²) in [5.41, 5.74) is 2.28. The Hall–Kier alpha value is -0.970. The summed E-state index contributed by atoms with van der Waals surface area (Å²) < 4.78 is 0.988. The lowest BCUT2D eigenvalue weighted by Gasteiger charge is -2.07. The molecule has 2 aromatic rings. The Morgan fingerprint density at radius 3 is 2.86 bits per heavy atom. The van der Waals surface area contributed by atoms with Crippen LogP contribution in [-0.4, -0.2) is 17.0 Å². The Bertz CT molecular complexity index is 661. The van der Waals surface area contributed by atoms with Crippen LogP contribution in [0.4, 0.5) is 5.69 Å². The number of amidine groups is 1. The maximum atomic E-state index is 6.03. The SMILES string of the molecule is Clc1ccc(Br)c(NC2=NC(Cc3ccccc3)CS2)c1. The molecule has 1 unspecified atom stereocenters. The molecule has 5 heteroatoms. The minimum Gasteiger partial charge on any atom is -0.334 e. The molecular formula is C16H14BrClN2S. The summed E-state index contributed by atoms with van der Waals surface area (Å²) in [6.45, 7) is 0. The van der Waals surface area contributed by atoms with E-state index in [9.17, 15) is 0 Å². The van der Waals surface area contributed by atoms with E-state index in [0.717, 1.165) is 27.5 Å². The number of anilines is 1. The van der Waals surface area contributed by atoms with E-state index in [0.29, 0.717) is 11.1 Å². The Morgan fingerprint density at radius 2 is 2.05 bits per heavy atom. The molecule has 2 nitrogen and oxygen atoms in total. The van der Waals surface area contributed by atoms with Gasteiger partial charge in [0.2, 0.25) is 0 Å². The van der Waals surface area contributed by atoms with E-state index >= 15 is 0 Å². The van der Waals surface area contributed by atoms with E-state index in [1.807, 2.05) is 24.3 Å². The number of benzene rings is 2. The standard InChI is InChI=1S/C16H14BrClN2S/c17-14-7-6-12(18)9-15(14)20-16-19-13(10-21-16)8-11-4-2-1-3-5-11/h1-7,9,13H,8,10H2,(H,19,20). The predicted molar refractivity (Wildman–Crippen MR) is 96.6 cm³/mol. The molecule has 0 spiro atoms. The zero-order valence-electron chi connectivity index (χ0n) is 11.2. The van der Waals surface area contributed by atoms with Crippen LogP contribution in [0.2, 0.25) is 5.02 Å². The second-order valence-electron chi connectivity index (χ2n) is 4.84. The lowest BCUT2D eigenvalue weighted by atomic mass is 10.1. The van der Waals surface area contributed by atoms with Crippen molar-refractivity contribution in [1.29, 1.82) is 0 Å². The van der Waals surface area contributed by atoms with Crippen LogP contribution in [0, 0.1) is 0 Å². The highest BCUT2D eigenvalue weighted by molar-refractivity contribution is 9.10. The summed E-state index contributed by atoms with van der Waals surface area (Å²) in [6.07, 6.45) is 0.982. The molecule has 1 heterocycles. The van der Waals surface area contributed by atoms with E-state index in [2.05, 4.69) is 45.5 Å². The van der Waals surface area contributed by atoms with Gasteiger partial charge in [0, 0.05) is 15.2 Å². The predicted octanol–water partition coefficient (Wildman–Crippen LogP) is 5.23. The third kappa shape index (κ3) is 4.02. The highest BCUT2D eigenvalue weighted by Gasteiger charge is 2.19. The van der Waals surface area contributed by atoms with E-state index < -0.39 is 0 Å². The summed E-state index contributed by atoms with van der Waals surface area (Å²) in [6, 6.07) is 16.5. The van der Waals surface area contributed by atoms with Gasteiger partial charge in [-0.3, -0.25) is 4.99 Å². The third-order valence-corrected chi connectivity index (χ3v) is 5.16. The lowest BCUT2D eigenvalue weighted by Crippen LogP contribution is -2.08. The van der Waals surface area contributed by atoms with Crippen LogP contribution in [0.25, 0.3) is 0 Å². The van der Waals surface area contributed by atoms with Crippen LogP contribution in [0.3, 0.4) is 0 Å². The molecule has 1 atom stereocenters. The summed E-state index contributed by atoms with van der Waals surface area (Å²) in [7, 11) is 0. The fourth-order valence-electron chi connectivity index (χ4n) is 2.18. The average molecular weight is 382 g/mol. The van der Waals surface area contributed by atoms with Crippen molar-refractivity contribution in [2.75, 3.05) is 11.1 Å². The van der Waals surface area contributed by atoms with Gasteiger partial charge in [-0.05, 0) is 46.1 Å². The van der Waals surface area contributed by atoms with Crippen LogP contribution in [0.5, 0.6) is 0 Å². The van der Waals surface area contributed by atoms with E-state index in [1.165, 1.54) is 5.56 Å². The zero-order chi connectivity index (χ0) is 14.7. The first-order valence-electron chi connectivity index (χ1n) is 6.67. The van der Waals surface area contributed by atoms with E-state index in [-0.39, 0.29) is 0 Å². The van der Waals surface area contributed by atoms with Gasteiger partial charge in [0.25, 0.3) is 0 Å². The summed E-state index contributed by atoms with van der Waals surface area (Å²) in [5.74, 6) is 1.01. The molecule has 1 aliphatic heterocycles. The highest BCUT2D eigenvalue weighted by Crippen LogP contribution is 2.29. The molecule has 2 aromatic carbocycles. The lowest BCUT2D eigenvalue weighted by molar-refractivity contribution is 0.762. The molecule has 0 amide bonds. The number of hydrogen-bond donors (Lipinski definition) is 1. The molecule has 21 heavy (non-hydrogen) atoms. The van der Waals surface area contributed by atoms with E-state index in [4.69, 9.17) is 16.6 Å². The van der Waals surface area contributed by atoms with Crippen molar-refractivity contribution in [1.82, 2.24) is 0 Å². The zero-order valence-corrected chi connectivity index (χ0v) is 14.4. The van der Waals surface area contributed by atoms with Gasteiger partial charge < -0.3 is 5.32 Å². The summed E-state index contributed by atoms with van der Waals surface area (Å²) in [4.78, 5) is 4.75. The van der Waals surface area contributed by atoms with E-state index in [1.54, 1.807) is 11.8 Å². The minimum atomic E-state index is 0.331. The van der Waals surface area contributed by atoms with Crippen molar-refractivity contribution in [3.63, 3.8) is 0 Å². The number of thioether (sulfide) groups is 1. The number of nitrogens with zero attached hydrogens (tertiary/aromatic N) is 1. The van der Waals surface area contributed by atoms with Crippen LogP contribution in [0.15, 0.2) is 58.0 Å². The number of aliphatic imine (C=N–C) groups is 1. The molecular weight excluding hydrogens is 368 g/mol. The molecule has 0 aliphatic carbocycles. The molecule has 0 bridgehead atoms. The van der Waals surface area contributed by atoms with Gasteiger partial charge >= 0.3 is 0 Å². The maximum Gasteiger partial charge on any atom is 0.161 e. The molecule has 108 valence electrons. The monoisotopic (exact) mass is 380 g/mol. The molecule has 3 rings (SSSR count). The maximum absolute atomic E-state index is 6.03. The molecule has 0 radical (unpaired) electrons. The Labute approximate surface area is 142 Å².